The second kappa shape index (κ2) is 5.64. The van der Waals surface area contributed by atoms with Crippen LogP contribution < -0.4 is 5.32 Å². The number of anilines is 1. The van der Waals surface area contributed by atoms with E-state index in [4.69, 9.17) is 5.11 Å². The van der Waals surface area contributed by atoms with E-state index in [2.05, 4.69) is 5.32 Å². The zero-order valence-electron chi connectivity index (χ0n) is 9.21. The second-order valence-corrected chi connectivity index (χ2v) is 3.24. The van der Waals surface area contributed by atoms with Crippen molar-refractivity contribution < 1.29 is 14.8 Å². The summed E-state index contributed by atoms with van der Waals surface area (Å²) < 4.78 is 0. The minimum atomic E-state index is -1.07. The van der Waals surface area contributed by atoms with Crippen molar-refractivity contribution in [3.8, 4) is 0 Å². The maximum absolute atomic E-state index is 11.0. The lowest BCUT2D eigenvalue weighted by atomic mass is 10.1. The van der Waals surface area contributed by atoms with Crippen molar-refractivity contribution in [1.82, 2.24) is 0 Å². The van der Waals surface area contributed by atoms with Gasteiger partial charge in [0.05, 0.1) is 22.4 Å². The molecule has 0 unspecified atom stereocenters. The Morgan fingerprint density at radius 3 is 2.82 bits per heavy atom. The van der Waals surface area contributed by atoms with E-state index in [-0.39, 0.29) is 5.56 Å². The van der Waals surface area contributed by atoms with Crippen molar-refractivity contribution >= 4 is 11.7 Å². The summed E-state index contributed by atoms with van der Waals surface area (Å²) in [5.74, 6) is -1.07. The summed E-state index contributed by atoms with van der Waals surface area (Å²) in [6.07, 6.45) is 2.47. The zero-order chi connectivity index (χ0) is 12.8. The van der Waals surface area contributed by atoms with E-state index in [1.54, 1.807) is 12.1 Å². The highest BCUT2D eigenvalue weighted by molar-refractivity contribution is 5.95. The topological polar surface area (TPSA) is 92.5 Å². The molecule has 0 saturated heterocycles. The quantitative estimate of drug-likeness (QED) is 0.603. The fraction of sp³-hybridized carbons (Fsp3) is 0.182. The number of nitro groups is 1. The van der Waals surface area contributed by atoms with Crippen LogP contribution in [0.5, 0.6) is 0 Å². The molecule has 6 heteroatoms. The molecule has 17 heavy (non-hydrogen) atoms. The van der Waals surface area contributed by atoms with Crippen molar-refractivity contribution in [2.24, 2.45) is 0 Å². The third-order valence-corrected chi connectivity index (χ3v) is 2.19. The number of hydrogen-bond donors (Lipinski definition) is 2. The summed E-state index contributed by atoms with van der Waals surface area (Å²) >= 11 is 0. The summed E-state index contributed by atoms with van der Waals surface area (Å²) in [7, 11) is 0. The molecule has 1 aromatic carbocycles. The average Bonchev–Trinajstić information content (AvgIpc) is 2.28. The van der Waals surface area contributed by atoms with Crippen molar-refractivity contribution in [2.75, 3.05) is 5.32 Å². The van der Waals surface area contributed by atoms with Gasteiger partial charge in [-0.25, -0.2) is 4.79 Å². The lowest BCUT2D eigenvalue weighted by molar-refractivity contribution is -0.402. The van der Waals surface area contributed by atoms with Crippen LogP contribution in [0.25, 0.3) is 0 Å². The molecule has 0 aliphatic carbocycles. The Labute approximate surface area is 97.7 Å². The van der Waals surface area contributed by atoms with E-state index >= 15 is 0 Å². The summed E-state index contributed by atoms with van der Waals surface area (Å²) in [6, 6.07) is 4.86. The predicted octanol–water partition coefficient (Wildman–Crippen LogP) is 2.11. The fourth-order valence-corrected chi connectivity index (χ4v) is 1.42. The van der Waals surface area contributed by atoms with Crippen molar-refractivity contribution in [3.63, 3.8) is 0 Å². The summed E-state index contributed by atoms with van der Waals surface area (Å²) in [5, 5.41) is 21.8. The number of carbonyl (C=O) groups is 1. The van der Waals surface area contributed by atoms with Gasteiger partial charge in [-0.15, -0.1) is 0 Å². The third-order valence-electron chi connectivity index (χ3n) is 2.19. The van der Waals surface area contributed by atoms with E-state index in [1.807, 2.05) is 6.92 Å². The fourth-order valence-electron chi connectivity index (χ4n) is 1.42. The Kier molecular flexibility index (Phi) is 4.21. The molecule has 0 spiro atoms. The maximum atomic E-state index is 11.0. The molecular formula is C11H12N2O4. The van der Waals surface area contributed by atoms with Gasteiger partial charge in [0.1, 0.15) is 0 Å². The first-order chi connectivity index (χ1) is 8.06. The average molecular weight is 236 g/mol. The highest BCUT2D eigenvalue weighted by atomic mass is 16.6. The smallest absolute Gasteiger partial charge is 0.337 e. The minimum absolute atomic E-state index is 0.0948. The molecule has 0 atom stereocenters. The Bertz CT molecular complexity index is 469. The number of aryl methyl sites for hydroxylation is 1. The monoisotopic (exact) mass is 236 g/mol. The van der Waals surface area contributed by atoms with Crippen molar-refractivity contribution in [2.45, 2.75) is 13.3 Å². The summed E-state index contributed by atoms with van der Waals surface area (Å²) in [5.41, 5.74) is 1.27. The molecule has 0 fully saturated rings. The van der Waals surface area contributed by atoms with Gasteiger partial charge in [-0.1, -0.05) is 19.1 Å². The molecule has 0 aliphatic heterocycles. The molecule has 2 N–H and O–H groups in total. The van der Waals surface area contributed by atoms with Crippen LogP contribution in [-0.4, -0.2) is 16.0 Å². The number of para-hydroxylation sites is 1. The highest BCUT2D eigenvalue weighted by Gasteiger charge is 2.11. The van der Waals surface area contributed by atoms with Crippen LogP contribution in [0, 0.1) is 10.1 Å². The van der Waals surface area contributed by atoms with Crippen molar-refractivity contribution in [3.05, 3.63) is 51.8 Å². The van der Waals surface area contributed by atoms with Crippen LogP contribution in [0.4, 0.5) is 5.69 Å². The van der Waals surface area contributed by atoms with Gasteiger partial charge < -0.3 is 10.4 Å². The van der Waals surface area contributed by atoms with E-state index in [0.29, 0.717) is 12.1 Å². The van der Waals surface area contributed by atoms with Gasteiger partial charge in [0.25, 0.3) is 0 Å². The number of carboxylic acid groups (broad SMARTS) is 1. The van der Waals surface area contributed by atoms with Crippen LogP contribution >= 0.6 is 0 Å². The second-order valence-electron chi connectivity index (χ2n) is 3.24. The largest absolute Gasteiger partial charge is 0.478 e. The number of benzene rings is 1. The number of nitrogens with one attached hydrogen (secondary N) is 1. The molecule has 0 aromatic heterocycles. The van der Waals surface area contributed by atoms with E-state index in [1.165, 1.54) is 6.07 Å². The van der Waals surface area contributed by atoms with Gasteiger partial charge in [-0.3, -0.25) is 10.1 Å². The van der Waals surface area contributed by atoms with Gasteiger partial charge in [0.2, 0.25) is 6.20 Å². The van der Waals surface area contributed by atoms with Gasteiger partial charge in [-0.2, -0.15) is 0 Å². The lowest BCUT2D eigenvalue weighted by Crippen LogP contribution is -2.05. The highest BCUT2D eigenvalue weighted by Crippen LogP contribution is 2.22. The number of rotatable bonds is 5. The SMILES string of the molecule is CCc1cccc(C(=O)O)c1NC=C[N+](=O)[O-]. The van der Waals surface area contributed by atoms with E-state index in [0.717, 1.165) is 18.0 Å². The Hall–Kier alpha value is -2.37. The standard InChI is InChI=1S/C11H12N2O4/c1-2-8-4-3-5-9(11(14)15)10(8)12-6-7-13(16)17/h3-7,12H,2H2,1H3,(H,14,15). The minimum Gasteiger partial charge on any atom is -0.478 e. The zero-order valence-corrected chi connectivity index (χ0v) is 9.21. The first-order valence-electron chi connectivity index (χ1n) is 4.98. The molecular weight excluding hydrogens is 224 g/mol. The number of nitrogens with zero attached hydrogens (tertiary/aromatic N) is 1. The van der Waals surface area contributed by atoms with Crippen LogP contribution in [0.1, 0.15) is 22.8 Å². The molecule has 0 radical (unpaired) electrons. The van der Waals surface area contributed by atoms with Crippen LogP contribution in [0.2, 0.25) is 0 Å². The van der Waals surface area contributed by atoms with Gasteiger partial charge in [0, 0.05) is 0 Å². The molecule has 0 amide bonds. The number of aromatic carboxylic acids is 1. The molecule has 1 rings (SSSR count). The van der Waals surface area contributed by atoms with Crippen LogP contribution in [0.3, 0.4) is 0 Å². The van der Waals surface area contributed by atoms with E-state index < -0.39 is 10.9 Å². The van der Waals surface area contributed by atoms with E-state index in [9.17, 15) is 14.9 Å². The van der Waals surface area contributed by atoms with Gasteiger partial charge >= 0.3 is 5.97 Å². The Morgan fingerprint density at radius 1 is 1.59 bits per heavy atom. The van der Waals surface area contributed by atoms with Crippen LogP contribution in [0.15, 0.2) is 30.6 Å². The van der Waals surface area contributed by atoms with Crippen LogP contribution in [-0.2, 0) is 6.42 Å². The van der Waals surface area contributed by atoms with Crippen molar-refractivity contribution in [1.29, 1.82) is 0 Å². The number of hydrogen-bond acceptors (Lipinski definition) is 4. The molecule has 0 bridgehead atoms. The third kappa shape index (κ3) is 3.30. The molecule has 0 saturated carbocycles. The molecule has 0 aliphatic rings. The normalized spacial score (nSPS) is 10.4. The predicted molar refractivity (Wildman–Crippen MR) is 62.5 cm³/mol. The molecule has 6 nitrogen and oxygen atoms in total. The number of carboxylic acids is 1. The summed E-state index contributed by atoms with van der Waals surface area (Å²) in [6.45, 7) is 1.88. The van der Waals surface area contributed by atoms with Gasteiger partial charge in [-0.05, 0) is 18.1 Å². The molecule has 0 heterocycles. The summed E-state index contributed by atoms with van der Waals surface area (Å²) in [4.78, 5) is 20.5. The molecule has 90 valence electrons. The lowest BCUT2D eigenvalue weighted by Gasteiger charge is -2.10. The Morgan fingerprint density at radius 2 is 2.29 bits per heavy atom. The first-order valence-corrected chi connectivity index (χ1v) is 4.98. The first kappa shape index (κ1) is 12.7. The molecule has 1 aromatic rings. The van der Waals surface area contributed by atoms with Gasteiger partial charge in [0.15, 0.2) is 0 Å². The Balaban J connectivity index is 3.09. The maximum Gasteiger partial charge on any atom is 0.337 e.